The second kappa shape index (κ2) is 7.79. The van der Waals surface area contributed by atoms with Gasteiger partial charge in [0.2, 0.25) is 11.7 Å². The monoisotopic (exact) mass is 405 g/mol. The molecule has 4 nitrogen and oxygen atoms in total. The Bertz CT molecular complexity index is 1020. The molecule has 0 aliphatic rings. The average molecular weight is 405 g/mol. The zero-order chi connectivity index (χ0) is 20.5. The molecule has 0 saturated carbocycles. The lowest BCUT2D eigenvalue weighted by atomic mass is 10.1. The van der Waals surface area contributed by atoms with E-state index in [-0.39, 0.29) is 16.4 Å². The van der Waals surface area contributed by atoms with Gasteiger partial charge in [-0.2, -0.15) is 13.2 Å². The molecule has 28 heavy (non-hydrogen) atoms. The van der Waals surface area contributed by atoms with Gasteiger partial charge in [0, 0.05) is 11.1 Å². The zero-order valence-electron chi connectivity index (χ0n) is 15.5. The van der Waals surface area contributed by atoms with Crippen LogP contribution < -0.4 is 5.32 Å². The number of aromatic nitrogens is 2. The molecule has 1 amide bonds. The maximum absolute atomic E-state index is 13.2. The molecule has 0 fully saturated rings. The third kappa shape index (κ3) is 4.27. The van der Waals surface area contributed by atoms with E-state index in [2.05, 4.69) is 15.3 Å². The Morgan fingerprint density at radius 1 is 1.04 bits per heavy atom. The highest BCUT2D eigenvalue weighted by molar-refractivity contribution is 8.00. The van der Waals surface area contributed by atoms with Gasteiger partial charge < -0.3 is 5.32 Å². The summed E-state index contributed by atoms with van der Waals surface area (Å²) in [5, 5.41) is 2.82. The van der Waals surface area contributed by atoms with Crippen LogP contribution in [-0.2, 0) is 11.0 Å². The van der Waals surface area contributed by atoms with E-state index in [1.165, 1.54) is 6.07 Å². The molecule has 0 spiro atoms. The third-order valence-corrected chi connectivity index (χ3v) is 5.31. The summed E-state index contributed by atoms with van der Waals surface area (Å²) < 4.78 is 39.5. The van der Waals surface area contributed by atoms with Gasteiger partial charge in [-0.3, -0.25) is 4.79 Å². The fourth-order valence-corrected chi connectivity index (χ4v) is 3.66. The van der Waals surface area contributed by atoms with E-state index < -0.39 is 17.3 Å². The van der Waals surface area contributed by atoms with Crippen LogP contribution in [0.5, 0.6) is 0 Å². The van der Waals surface area contributed by atoms with Crippen LogP contribution in [0.2, 0.25) is 0 Å². The minimum absolute atomic E-state index is 0.127. The van der Waals surface area contributed by atoms with Crippen LogP contribution in [0, 0.1) is 13.8 Å². The number of benzene rings is 2. The second-order valence-electron chi connectivity index (χ2n) is 6.38. The van der Waals surface area contributed by atoms with E-state index in [0.717, 1.165) is 22.9 Å². The van der Waals surface area contributed by atoms with Gasteiger partial charge in [-0.15, -0.1) is 0 Å². The van der Waals surface area contributed by atoms with Crippen molar-refractivity contribution in [2.24, 2.45) is 0 Å². The number of nitrogens with zero attached hydrogens (tertiary/aromatic N) is 2. The first-order valence-electron chi connectivity index (χ1n) is 8.54. The molecule has 0 aliphatic heterocycles. The van der Waals surface area contributed by atoms with Gasteiger partial charge in [0.25, 0.3) is 0 Å². The number of amides is 1. The van der Waals surface area contributed by atoms with Crippen molar-refractivity contribution in [2.45, 2.75) is 37.2 Å². The van der Waals surface area contributed by atoms with Crippen molar-refractivity contribution in [1.29, 1.82) is 0 Å². The quantitative estimate of drug-likeness (QED) is 0.467. The number of fused-ring (bicyclic) bond motifs is 1. The average Bonchev–Trinajstić information content (AvgIpc) is 2.63. The number of nitrogens with one attached hydrogen (secondary N) is 1. The number of hydrogen-bond donors (Lipinski definition) is 1. The largest absolute Gasteiger partial charge is 0.451 e. The predicted molar refractivity (Wildman–Crippen MR) is 104 cm³/mol. The Morgan fingerprint density at radius 2 is 1.68 bits per heavy atom. The topological polar surface area (TPSA) is 54.9 Å². The van der Waals surface area contributed by atoms with Gasteiger partial charge in [-0.05, 0) is 38.0 Å². The highest BCUT2D eigenvalue weighted by atomic mass is 32.2. The van der Waals surface area contributed by atoms with Crippen LogP contribution >= 0.6 is 11.8 Å². The molecule has 1 aromatic heterocycles. The van der Waals surface area contributed by atoms with Crippen LogP contribution in [0.3, 0.4) is 0 Å². The Kier molecular flexibility index (Phi) is 5.60. The standard InChI is InChI=1S/C20H18F3N3OS/c1-11-7-6-8-12(2)16(11)25-17(27)13(3)28-18-14-9-4-5-10-15(14)24-19(26-18)20(21,22)23/h4-10,13H,1-3H3,(H,25,27)/t13-/m0/s1. The molecular weight excluding hydrogens is 387 g/mol. The zero-order valence-corrected chi connectivity index (χ0v) is 16.3. The van der Waals surface area contributed by atoms with Crippen molar-refractivity contribution in [3.63, 3.8) is 0 Å². The molecule has 3 rings (SSSR count). The van der Waals surface area contributed by atoms with Crippen molar-refractivity contribution >= 4 is 34.3 Å². The Balaban J connectivity index is 1.90. The molecule has 0 saturated heterocycles. The number of aryl methyl sites for hydroxylation is 2. The second-order valence-corrected chi connectivity index (χ2v) is 7.71. The summed E-state index contributed by atoms with van der Waals surface area (Å²) in [4.78, 5) is 19.9. The predicted octanol–water partition coefficient (Wildman–Crippen LogP) is 5.38. The van der Waals surface area contributed by atoms with Gasteiger partial charge in [-0.1, -0.05) is 48.2 Å². The van der Waals surface area contributed by atoms with E-state index in [1.807, 2.05) is 32.0 Å². The van der Waals surface area contributed by atoms with Crippen LogP contribution in [0.25, 0.3) is 10.9 Å². The summed E-state index contributed by atoms with van der Waals surface area (Å²) in [5.41, 5.74) is 2.73. The number of carbonyl (C=O) groups excluding carboxylic acids is 1. The van der Waals surface area contributed by atoms with Crippen LogP contribution in [0.15, 0.2) is 47.5 Å². The summed E-state index contributed by atoms with van der Waals surface area (Å²) in [5.74, 6) is -1.52. The number of para-hydroxylation sites is 2. The van der Waals surface area contributed by atoms with E-state index in [0.29, 0.717) is 11.1 Å². The van der Waals surface area contributed by atoms with Crippen molar-refractivity contribution in [3.8, 4) is 0 Å². The molecule has 1 heterocycles. The van der Waals surface area contributed by atoms with Gasteiger partial charge in [0.05, 0.1) is 10.8 Å². The summed E-state index contributed by atoms with van der Waals surface area (Å²) in [6.45, 7) is 5.40. The lowest BCUT2D eigenvalue weighted by Gasteiger charge is -2.16. The number of anilines is 1. The summed E-state index contributed by atoms with van der Waals surface area (Å²) in [6.07, 6.45) is -4.66. The number of halogens is 3. The molecule has 8 heteroatoms. The van der Waals surface area contributed by atoms with Crippen molar-refractivity contribution in [1.82, 2.24) is 9.97 Å². The maximum atomic E-state index is 13.2. The molecular formula is C20H18F3N3OS. The Hall–Kier alpha value is -2.61. The highest BCUT2D eigenvalue weighted by Crippen LogP contribution is 2.34. The first-order chi connectivity index (χ1) is 13.2. The van der Waals surface area contributed by atoms with Crippen molar-refractivity contribution < 1.29 is 18.0 Å². The SMILES string of the molecule is Cc1cccc(C)c1NC(=O)[C@H](C)Sc1nc(C(F)(F)F)nc2ccccc12. The fourth-order valence-electron chi connectivity index (χ4n) is 2.72. The molecule has 0 bridgehead atoms. The minimum atomic E-state index is -4.66. The molecule has 0 unspecified atom stereocenters. The number of hydrogen-bond acceptors (Lipinski definition) is 4. The first-order valence-corrected chi connectivity index (χ1v) is 9.42. The van der Waals surface area contributed by atoms with Gasteiger partial charge in [-0.25, -0.2) is 9.97 Å². The Labute approximate surface area is 164 Å². The van der Waals surface area contributed by atoms with Gasteiger partial charge >= 0.3 is 6.18 Å². The molecule has 0 aliphatic carbocycles. The minimum Gasteiger partial charge on any atom is -0.325 e. The highest BCUT2D eigenvalue weighted by Gasteiger charge is 2.36. The lowest BCUT2D eigenvalue weighted by Crippen LogP contribution is -2.23. The van der Waals surface area contributed by atoms with E-state index in [4.69, 9.17) is 0 Å². The first kappa shape index (κ1) is 20.1. The summed E-state index contributed by atoms with van der Waals surface area (Å²) in [6, 6.07) is 12.1. The number of alkyl halides is 3. The Morgan fingerprint density at radius 3 is 2.32 bits per heavy atom. The molecule has 0 radical (unpaired) electrons. The summed E-state index contributed by atoms with van der Waals surface area (Å²) in [7, 11) is 0. The van der Waals surface area contributed by atoms with E-state index in [1.54, 1.807) is 25.1 Å². The van der Waals surface area contributed by atoms with Crippen LogP contribution in [-0.4, -0.2) is 21.1 Å². The van der Waals surface area contributed by atoms with E-state index >= 15 is 0 Å². The van der Waals surface area contributed by atoms with E-state index in [9.17, 15) is 18.0 Å². The van der Waals surface area contributed by atoms with Gasteiger partial charge in [0.15, 0.2) is 0 Å². The molecule has 2 aromatic carbocycles. The van der Waals surface area contributed by atoms with Crippen LogP contribution in [0.4, 0.5) is 18.9 Å². The van der Waals surface area contributed by atoms with Crippen LogP contribution in [0.1, 0.15) is 23.9 Å². The van der Waals surface area contributed by atoms with Crippen molar-refractivity contribution in [3.05, 3.63) is 59.4 Å². The molecule has 1 atom stereocenters. The fraction of sp³-hybridized carbons (Fsp3) is 0.250. The molecule has 3 aromatic rings. The number of carbonyl (C=O) groups is 1. The van der Waals surface area contributed by atoms with Crippen molar-refractivity contribution in [2.75, 3.05) is 5.32 Å². The smallest absolute Gasteiger partial charge is 0.325 e. The number of rotatable bonds is 4. The lowest BCUT2D eigenvalue weighted by molar-refractivity contribution is -0.145. The third-order valence-electron chi connectivity index (χ3n) is 4.21. The van der Waals surface area contributed by atoms with Gasteiger partial charge in [0.1, 0.15) is 5.03 Å². The number of thioether (sulfide) groups is 1. The molecule has 146 valence electrons. The maximum Gasteiger partial charge on any atom is 0.451 e. The summed E-state index contributed by atoms with van der Waals surface area (Å²) >= 11 is 0.979. The molecule has 1 N–H and O–H groups in total. The normalized spacial score (nSPS) is 12.8.